The lowest BCUT2D eigenvalue weighted by molar-refractivity contribution is -0.131. The van der Waals surface area contributed by atoms with Crippen molar-refractivity contribution in [3.8, 4) is 5.75 Å². The highest BCUT2D eigenvalue weighted by atomic mass is 19.1. The number of hydrogen-bond donors (Lipinski definition) is 2. The van der Waals surface area contributed by atoms with Crippen LogP contribution in [-0.4, -0.2) is 16.6 Å². The lowest BCUT2D eigenvalue weighted by Gasteiger charge is -2.43. The third-order valence-electron chi connectivity index (χ3n) is 5.32. The SMILES string of the molecule is Cc1ccc(O)c([C@H]2C[C@@](C)(NC(=O)C(C)C)C[C@@H](c3ccc(F)cc3)O2)c1. The molecule has 1 heterocycles. The molecule has 2 aromatic rings. The van der Waals surface area contributed by atoms with Gasteiger partial charge in [0.2, 0.25) is 5.91 Å². The molecule has 0 spiro atoms. The van der Waals surface area contributed by atoms with Crippen molar-refractivity contribution in [1.29, 1.82) is 0 Å². The zero-order valence-corrected chi connectivity index (χ0v) is 16.8. The summed E-state index contributed by atoms with van der Waals surface area (Å²) in [5.74, 6) is -0.277. The highest BCUT2D eigenvalue weighted by Crippen LogP contribution is 2.45. The van der Waals surface area contributed by atoms with Crippen molar-refractivity contribution in [2.45, 2.75) is 58.3 Å². The molecule has 0 aliphatic carbocycles. The maximum Gasteiger partial charge on any atom is 0.222 e. The molecule has 0 unspecified atom stereocenters. The average molecular weight is 385 g/mol. The van der Waals surface area contributed by atoms with Gasteiger partial charge in [0.25, 0.3) is 0 Å². The number of amides is 1. The number of rotatable bonds is 4. The first-order chi connectivity index (χ1) is 13.2. The molecule has 1 fully saturated rings. The van der Waals surface area contributed by atoms with Gasteiger partial charge in [-0.2, -0.15) is 0 Å². The van der Waals surface area contributed by atoms with Crippen LogP contribution in [0, 0.1) is 18.7 Å². The van der Waals surface area contributed by atoms with E-state index in [0.717, 1.165) is 11.1 Å². The Morgan fingerprint density at radius 1 is 1.18 bits per heavy atom. The Hall–Kier alpha value is -2.40. The van der Waals surface area contributed by atoms with Crippen molar-refractivity contribution in [3.63, 3.8) is 0 Å². The molecule has 1 saturated heterocycles. The molecular weight excluding hydrogens is 357 g/mol. The smallest absolute Gasteiger partial charge is 0.222 e. The predicted molar refractivity (Wildman–Crippen MR) is 106 cm³/mol. The summed E-state index contributed by atoms with van der Waals surface area (Å²) in [6.45, 7) is 7.69. The van der Waals surface area contributed by atoms with Gasteiger partial charge in [-0.3, -0.25) is 4.79 Å². The summed E-state index contributed by atoms with van der Waals surface area (Å²) in [5.41, 5.74) is 2.06. The standard InChI is InChI=1S/C23H28FNO3/c1-14(2)22(27)25-23(4)12-20(16-6-8-17(24)9-7-16)28-21(13-23)18-11-15(3)5-10-19(18)26/h5-11,14,20-21,26H,12-13H2,1-4H3,(H,25,27)/t20-,21+,23-/m0/s1. The zero-order valence-electron chi connectivity index (χ0n) is 16.8. The second-order valence-electron chi connectivity index (χ2n) is 8.34. The third-order valence-corrected chi connectivity index (χ3v) is 5.32. The molecular formula is C23H28FNO3. The Morgan fingerprint density at radius 3 is 2.46 bits per heavy atom. The van der Waals surface area contributed by atoms with Crippen LogP contribution in [0.15, 0.2) is 42.5 Å². The first-order valence-electron chi connectivity index (χ1n) is 9.69. The van der Waals surface area contributed by atoms with Crippen molar-refractivity contribution >= 4 is 5.91 Å². The van der Waals surface area contributed by atoms with Gasteiger partial charge >= 0.3 is 0 Å². The summed E-state index contributed by atoms with van der Waals surface area (Å²) in [6, 6.07) is 11.7. The largest absolute Gasteiger partial charge is 0.508 e. The second kappa shape index (κ2) is 7.92. The van der Waals surface area contributed by atoms with Crippen LogP contribution >= 0.6 is 0 Å². The summed E-state index contributed by atoms with van der Waals surface area (Å²) in [5, 5.41) is 13.6. The number of phenolic OH excluding ortho intramolecular Hbond substituents is 1. The molecule has 0 radical (unpaired) electrons. The number of carbonyl (C=O) groups excluding carboxylic acids is 1. The van der Waals surface area contributed by atoms with Crippen LogP contribution in [0.2, 0.25) is 0 Å². The number of ether oxygens (including phenoxy) is 1. The fourth-order valence-corrected chi connectivity index (χ4v) is 3.73. The maximum absolute atomic E-state index is 13.4. The van der Waals surface area contributed by atoms with E-state index in [-0.39, 0.29) is 35.6 Å². The van der Waals surface area contributed by atoms with Crippen LogP contribution in [0.4, 0.5) is 4.39 Å². The molecule has 2 aromatic carbocycles. The third kappa shape index (κ3) is 4.53. The van der Waals surface area contributed by atoms with Crippen molar-refractivity contribution in [2.75, 3.05) is 0 Å². The number of benzene rings is 2. The highest BCUT2D eigenvalue weighted by Gasteiger charge is 2.41. The fraction of sp³-hybridized carbons (Fsp3) is 0.435. The van der Waals surface area contributed by atoms with Gasteiger partial charge in [-0.05, 0) is 43.7 Å². The molecule has 0 aromatic heterocycles. The monoisotopic (exact) mass is 385 g/mol. The fourth-order valence-electron chi connectivity index (χ4n) is 3.73. The van der Waals surface area contributed by atoms with E-state index in [9.17, 15) is 14.3 Å². The Balaban J connectivity index is 1.96. The van der Waals surface area contributed by atoms with Crippen LogP contribution in [-0.2, 0) is 9.53 Å². The van der Waals surface area contributed by atoms with E-state index in [1.807, 2.05) is 39.8 Å². The topological polar surface area (TPSA) is 58.6 Å². The van der Waals surface area contributed by atoms with Crippen LogP contribution in [0.25, 0.3) is 0 Å². The normalized spacial score (nSPS) is 24.9. The molecule has 3 atom stereocenters. The van der Waals surface area contributed by atoms with E-state index in [1.54, 1.807) is 18.2 Å². The molecule has 3 rings (SSSR count). The number of aromatic hydroxyl groups is 1. The first-order valence-corrected chi connectivity index (χ1v) is 9.69. The van der Waals surface area contributed by atoms with Crippen LogP contribution in [0.3, 0.4) is 0 Å². The van der Waals surface area contributed by atoms with Crippen molar-refractivity contribution < 1.29 is 19.0 Å². The lowest BCUT2D eigenvalue weighted by atomic mass is 9.80. The number of hydrogen-bond acceptors (Lipinski definition) is 3. The summed E-state index contributed by atoms with van der Waals surface area (Å²) >= 11 is 0. The number of carbonyl (C=O) groups is 1. The van der Waals surface area contributed by atoms with Gasteiger partial charge in [0.15, 0.2) is 0 Å². The van der Waals surface area contributed by atoms with Crippen LogP contribution in [0.1, 0.15) is 62.5 Å². The summed E-state index contributed by atoms with van der Waals surface area (Å²) in [7, 11) is 0. The van der Waals surface area contributed by atoms with Crippen molar-refractivity contribution in [3.05, 3.63) is 65.0 Å². The molecule has 2 N–H and O–H groups in total. The average Bonchev–Trinajstić information content (AvgIpc) is 2.63. The van der Waals surface area contributed by atoms with Crippen molar-refractivity contribution in [2.24, 2.45) is 5.92 Å². The van der Waals surface area contributed by atoms with Gasteiger partial charge in [-0.1, -0.05) is 37.6 Å². The van der Waals surface area contributed by atoms with E-state index in [0.29, 0.717) is 18.4 Å². The molecule has 5 heteroatoms. The van der Waals surface area contributed by atoms with Gasteiger partial charge in [0, 0.05) is 29.9 Å². The van der Waals surface area contributed by atoms with E-state index < -0.39 is 5.54 Å². The van der Waals surface area contributed by atoms with E-state index >= 15 is 0 Å². The maximum atomic E-state index is 13.4. The molecule has 1 aliphatic rings. The minimum Gasteiger partial charge on any atom is -0.508 e. The second-order valence-corrected chi connectivity index (χ2v) is 8.34. The minimum atomic E-state index is -0.514. The summed E-state index contributed by atoms with van der Waals surface area (Å²) in [6.07, 6.45) is 0.401. The lowest BCUT2D eigenvalue weighted by Crippen LogP contribution is -2.52. The summed E-state index contributed by atoms with van der Waals surface area (Å²) in [4.78, 5) is 12.4. The Labute approximate surface area is 165 Å². The highest BCUT2D eigenvalue weighted by molar-refractivity contribution is 5.78. The molecule has 28 heavy (non-hydrogen) atoms. The van der Waals surface area contributed by atoms with Crippen LogP contribution in [0.5, 0.6) is 5.75 Å². The van der Waals surface area contributed by atoms with Gasteiger partial charge in [-0.25, -0.2) is 4.39 Å². The number of aryl methyl sites for hydroxylation is 1. The Bertz CT molecular complexity index is 849. The number of nitrogens with one attached hydrogen (secondary N) is 1. The first kappa shape index (κ1) is 20.3. The van der Waals surface area contributed by atoms with E-state index in [2.05, 4.69) is 5.32 Å². The van der Waals surface area contributed by atoms with Gasteiger partial charge in [0.1, 0.15) is 11.6 Å². The number of phenols is 1. The van der Waals surface area contributed by atoms with Crippen molar-refractivity contribution in [1.82, 2.24) is 5.32 Å². The quantitative estimate of drug-likeness (QED) is 0.782. The zero-order chi connectivity index (χ0) is 20.5. The molecule has 0 bridgehead atoms. The Morgan fingerprint density at radius 2 is 1.82 bits per heavy atom. The van der Waals surface area contributed by atoms with E-state index in [4.69, 9.17) is 4.74 Å². The number of halogens is 1. The van der Waals surface area contributed by atoms with E-state index in [1.165, 1.54) is 12.1 Å². The van der Waals surface area contributed by atoms with Crippen LogP contribution < -0.4 is 5.32 Å². The predicted octanol–water partition coefficient (Wildman–Crippen LogP) is 4.96. The summed E-state index contributed by atoms with van der Waals surface area (Å²) < 4.78 is 19.7. The Kier molecular flexibility index (Phi) is 5.75. The molecule has 1 amide bonds. The molecule has 4 nitrogen and oxygen atoms in total. The van der Waals surface area contributed by atoms with Gasteiger partial charge in [0.05, 0.1) is 12.2 Å². The van der Waals surface area contributed by atoms with Gasteiger partial charge < -0.3 is 15.2 Å². The minimum absolute atomic E-state index is 0.0190. The molecule has 150 valence electrons. The molecule has 1 aliphatic heterocycles. The van der Waals surface area contributed by atoms with Gasteiger partial charge in [-0.15, -0.1) is 0 Å². The molecule has 0 saturated carbocycles.